The third-order valence-electron chi connectivity index (χ3n) is 4.57. The van der Waals surface area contributed by atoms with E-state index in [1.165, 1.54) is 6.07 Å². The van der Waals surface area contributed by atoms with Crippen molar-refractivity contribution in [2.24, 2.45) is 5.92 Å². The largest absolute Gasteiger partial charge is 0.416 e. The van der Waals surface area contributed by atoms with Gasteiger partial charge in [-0.15, -0.1) is 0 Å². The van der Waals surface area contributed by atoms with E-state index in [1.807, 2.05) is 0 Å². The maximum atomic E-state index is 13.2. The van der Waals surface area contributed by atoms with Crippen molar-refractivity contribution in [3.05, 3.63) is 69.2 Å². The van der Waals surface area contributed by atoms with Gasteiger partial charge in [0.25, 0.3) is 0 Å². The molecule has 4 rings (SSSR count). The normalized spacial score (nSPS) is 14.8. The van der Waals surface area contributed by atoms with Crippen LogP contribution in [0.4, 0.5) is 13.2 Å². The van der Waals surface area contributed by atoms with Gasteiger partial charge >= 0.3 is 11.9 Å². The van der Waals surface area contributed by atoms with E-state index in [2.05, 4.69) is 4.98 Å². The van der Waals surface area contributed by atoms with Gasteiger partial charge in [0.15, 0.2) is 0 Å². The second kappa shape index (κ2) is 6.13. The Labute approximate surface area is 152 Å². The molecule has 1 aliphatic carbocycles. The van der Waals surface area contributed by atoms with Gasteiger partial charge in [-0.05, 0) is 49.4 Å². The van der Waals surface area contributed by atoms with Crippen molar-refractivity contribution in [3.8, 4) is 5.69 Å². The summed E-state index contributed by atoms with van der Waals surface area (Å²) in [5.41, 5.74) is -0.406. The van der Waals surface area contributed by atoms with E-state index in [-0.39, 0.29) is 10.5 Å². The van der Waals surface area contributed by atoms with Crippen LogP contribution < -0.4 is 5.69 Å². The van der Waals surface area contributed by atoms with Crippen molar-refractivity contribution in [1.82, 2.24) is 9.55 Å². The summed E-state index contributed by atoms with van der Waals surface area (Å²) in [7, 11) is 0. The molecule has 0 amide bonds. The molecule has 1 fully saturated rings. The Balaban J connectivity index is 2.05. The topological polar surface area (TPSA) is 34.9 Å². The predicted molar refractivity (Wildman–Crippen MR) is 93.8 cm³/mol. The number of fused-ring (bicyclic) bond motifs is 1. The average Bonchev–Trinajstić information content (AvgIpc) is 3.39. The minimum Gasteiger partial charge on any atom is -0.259 e. The highest BCUT2D eigenvalue weighted by molar-refractivity contribution is 6.32. The molecular weight excluding hydrogens is 365 g/mol. The number of hydrogen-bond acceptors (Lipinski definition) is 2. The third-order valence-corrected chi connectivity index (χ3v) is 4.89. The summed E-state index contributed by atoms with van der Waals surface area (Å²) in [5, 5.41) is 0.814. The molecule has 1 heterocycles. The molecule has 0 unspecified atom stereocenters. The standard InChI is InChI=1S/C19H14ClF3N2O/c20-14-3-1-2-4-16(14)25-17-10-12(19(21,22)23)7-8-13(17)15(24-18(25)26)9-11-5-6-11/h1-4,7-8,10-11H,5-6,9H2. The second-order valence-electron chi connectivity index (χ2n) is 6.51. The predicted octanol–water partition coefficient (Wildman–Crippen LogP) is 5.01. The van der Waals surface area contributed by atoms with Crippen LogP contribution in [-0.2, 0) is 12.6 Å². The first kappa shape index (κ1) is 17.1. The molecular formula is C19H14ClF3N2O. The molecule has 0 bridgehead atoms. The molecule has 134 valence electrons. The Morgan fingerprint density at radius 2 is 1.88 bits per heavy atom. The van der Waals surface area contributed by atoms with Gasteiger partial charge < -0.3 is 0 Å². The van der Waals surface area contributed by atoms with Crippen LogP contribution in [0.3, 0.4) is 0 Å². The van der Waals surface area contributed by atoms with Crippen LogP contribution in [0.2, 0.25) is 5.02 Å². The first-order chi connectivity index (χ1) is 12.3. The molecule has 0 saturated heterocycles. The number of alkyl halides is 3. The zero-order valence-corrected chi connectivity index (χ0v) is 14.3. The summed E-state index contributed by atoms with van der Waals surface area (Å²) in [6, 6.07) is 9.96. The van der Waals surface area contributed by atoms with E-state index in [1.54, 1.807) is 24.3 Å². The molecule has 3 nitrogen and oxygen atoms in total. The van der Waals surface area contributed by atoms with Crippen molar-refractivity contribution in [2.45, 2.75) is 25.4 Å². The molecule has 0 atom stereocenters. The van der Waals surface area contributed by atoms with Gasteiger partial charge in [0, 0.05) is 5.39 Å². The molecule has 0 N–H and O–H groups in total. The van der Waals surface area contributed by atoms with Gasteiger partial charge in [0.05, 0.1) is 27.5 Å². The SMILES string of the molecule is O=c1nc(CC2CC2)c2ccc(C(F)(F)F)cc2n1-c1ccccc1Cl. The maximum Gasteiger partial charge on any atom is 0.416 e. The fourth-order valence-corrected chi connectivity index (χ4v) is 3.30. The van der Waals surface area contributed by atoms with Crippen molar-refractivity contribution in [2.75, 3.05) is 0 Å². The molecule has 1 saturated carbocycles. The van der Waals surface area contributed by atoms with Gasteiger partial charge in [-0.2, -0.15) is 18.2 Å². The van der Waals surface area contributed by atoms with Crippen LogP contribution in [0.25, 0.3) is 16.6 Å². The van der Waals surface area contributed by atoms with Crippen LogP contribution in [-0.4, -0.2) is 9.55 Å². The van der Waals surface area contributed by atoms with Crippen LogP contribution in [0.15, 0.2) is 47.3 Å². The number of hydrogen-bond donors (Lipinski definition) is 0. The molecule has 7 heteroatoms. The van der Waals surface area contributed by atoms with E-state index in [0.717, 1.165) is 29.5 Å². The first-order valence-corrected chi connectivity index (χ1v) is 8.60. The molecule has 3 aromatic rings. The Morgan fingerprint density at radius 1 is 1.15 bits per heavy atom. The van der Waals surface area contributed by atoms with Crippen LogP contribution in [0, 0.1) is 5.92 Å². The lowest BCUT2D eigenvalue weighted by Gasteiger charge is -2.15. The van der Waals surface area contributed by atoms with E-state index >= 15 is 0 Å². The van der Waals surface area contributed by atoms with Gasteiger partial charge in [0.1, 0.15) is 0 Å². The van der Waals surface area contributed by atoms with Gasteiger partial charge in [-0.1, -0.05) is 29.8 Å². The second-order valence-corrected chi connectivity index (χ2v) is 6.91. The average molecular weight is 379 g/mol. The van der Waals surface area contributed by atoms with Gasteiger partial charge in [-0.25, -0.2) is 4.79 Å². The lowest BCUT2D eigenvalue weighted by molar-refractivity contribution is -0.137. The fraction of sp³-hybridized carbons (Fsp3) is 0.263. The lowest BCUT2D eigenvalue weighted by Crippen LogP contribution is -2.24. The van der Waals surface area contributed by atoms with Crippen molar-refractivity contribution in [1.29, 1.82) is 0 Å². The number of benzene rings is 2. The molecule has 0 aliphatic heterocycles. The molecule has 2 aromatic carbocycles. The molecule has 1 aromatic heterocycles. The van der Waals surface area contributed by atoms with Crippen LogP contribution >= 0.6 is 11.6 Å². The first-order valence-electron chi connectivity index (χ1n) is 8.22. The Morgan fingerprint density at radius 3 is 2.54 bits per heavy atom. The molecule has 26 heavy (non-hydrogen) atoms. The summed E-state index contributed by atoms with van der Waals surface area (Å²) in [6.45, 7) is 0. The van der Waals surface area contributed by atoms with E-state index in [9.17, 15) is 18.0 Å². The van der Waals surface area contributed by atoms with Crippen LogP contribution in [0.5, 0.6) is 0 Å². The van der Waals surface area contributed by atoms with E-state index in [0.29, 0.717) is 29.1 Å². The summed E-state index contributed by atoms with van der Waals surface area (Å²) < 4.78 is 40.8. The summed E-state index contributed by atoms with van der Waals surface area (Å²) >= 11 is 6.19. The molecule has 1 aliphatic rings. The summed E-state index contributed by atoms with van der Waals surface area (Å²) in [4.78, 5) is 16.8. The van der Waals surface area contributed by atoms with Crippen LogP contribution in [0.1, 0.15) is 24.1 Å². The van der Waals surface area contributed by atoms with Crippen molar-refractivity contribution < 1.29 is 13.2 Å². The number of halogens is 4. The quantitative estimate of drug-likeness (QED) is 0.642. The Bertz CT molecular complexity index is 1050. The molecule has 0 spiro atoms. The van der Waals surface area contributed by atoms with Gasteiger partial charge in [0.2, 0.25) is 0 Å². The monoisotopic (exact) mass is 378 g/mol. The Kier molecular flexibility index (Phi) is 4.03. The van der Waals surface area contributed by atoms with Crippen molar-refractivity contribution in [3.63, 3.8) is 0 Å². The maximum absolute atomic E-state index is 13.2. The highest BCUT2D eigenvalue weighted by Crippen LogP contribution is 2.36. The third kappa shape index (κ3) is 3.09. The number of nitrogens with zero attached hydrogens (tertiary/aromatic N) is 2. The Hall–Kier alpha value is -2.34. The highest BCUT2D eigenvalue weighted by Gasteiger charge is 2.32. The highest BCUT2D eigenvalue weighted by atomic mass is 35.5. The summed E-state index contributed by atoms with van der Waals surface area (Å²) in [6.07, 6.45) is -1.80. The minimum absolute atomic E-state index is 0.170. The van der Waals surface area contributed by atoms with Gasteiger partial charge in [-0.3, -0.25) is 4.57 Å². The summed E-state index contributed by atoms with van der Waals surface area (Å²) in [5.74, 6) is 0.448. The lowest BCUT2D eigenvalue weighted by atomic mass is 10.1. The number of para-hydroxylation sites is 1. The minimum atomic E-state index is -4.50. The zero-order chi connectivity index (χ0) is 18.5. The molecule has 0 radical (unpaired) electrons. The van der Waals surface area contributed by atoms with E-state index < -0.39 is 17.4 Å². The zero-order valence-electron chi connectivity index (χ0n) is 13.6. The van der Waals surface area contributed by atoms with Crippen molar-refractivity contribution >= 4 is 22.5 Å². The van der Waals surface area contributed by atoms with E-state index in [4.69, 9.17) is 11.6 Å². The fourth-order valence-electron chi connectivity index (χ4n) is 3.08. The number of rotatable bonds is 3. The smallest absolute Gasteiger partial charge is 0.259 e. The number of aromatic nitrogens is 2.